The molecule has 3 amide bonds. The molecule has 1 saturated heterocycles. The van der Waals surface area contributed by atoms with Gasteiger partial charge in [-0.05, 0) is 86.1 Å². The topological polar surface area (TPSA) is 94.2 Å². The first-order valence-electron chi connectivity index (χ1n) is 12.7. The lowest BCUT2D eigenvalue weighted by Crippen LogP contribution is -2.36. The van der Waals surface area contributed by atoms with E-state index in [-0.39, 0.29) is 4.91 Å². The van der Waals surface area contributed by atoms with Crippen LogP contribution in [-0.4, -0.2) is 41.7 Å². The van der Waals surface area contributed by atoms with Gasteiger partial charge in [0, 0.05) is 10.2 Å². The Morgan fingerprint density at radius 1 is 0.950 bits per heavy atom. The molecule has 208 valence electrons. The molecule has 0 unspecified atom stereocenters. The van der Waals surface area contributed by atoms with Crippen LogP contribution in [0.2, 0.25) is 0 Å². The molecule has 0 aliphatic carbocycles. The number of benzene rings is 3. The van der Waals surface area contributed by atoms with Crippen molar-refractivity contribution in [1.29, 1.82) is 0 Å². The smallest absolute Gasteiger partial charge is 0.294 e. The number of hydrogen-bond donors (Lipinski definition) is 1. The number of ether oxygens (including phenoxy) is 3. The Bertz CT molecular complexity index is 1420. The number of amides is 3. The number of carbonyl (C=O) groups excluding carboxylic acids is 3. The van der Waals surface area contributed by atoms with Crippen LogP contribution in [0.5, 0.6) is 17.2 Å². The van der Waals surface area contributed by atoms with Crippen molar-refractivity contribution in [3.63, 3.8) is 0 Å². The van der Waals surface area contributed by atoms with E-state index in [1.54, 1.807) is 42.5 Å². The molecule has 3 aromatic carbocycles. The summed E-state index contributed by atoms with van der Waals surface area (Å²) < 4.78 is 17.9. The van der Waals surface area contributed by atoms with Gasteiger partial charge in [0.25, 0.3) is 11.1 Å². The van der Waals surface area contributed by atoms with Gasteiger partial charge in [-0.3, -0.25) is 19.3 Å². The minimum absolute atomic E-state index is 0.204. The number of carbonyl (C=O) groups is 3. The van der Waals surface area contributed by atoms with Gasteiger partial charge >= 0.3 is 0 Å². The molecule has 0 saturated carbocycles. The number of nitrogens with zero attached hydrogens (tertiary/aromatic N) is 1. The third-order valence-corrected chi connectivity index (χ3v) is 7.38. The lowest BCUT2D eigenvalue weighted by Gasteiger charge is -2.14. The molecule has 0 aromatic heterocycles. The Hall–Kier alpha value is -3.76. The van der Waals surface area contributed by atoms with E-state index >= 15 is 0 Å². The fourth-order valence-electron chi connectivity index (χ4n) is 3.81. The number of thioether (sulfide) groups is 1. The summed E-state index contributed by atoms with van der Waals surface area (Å²) in [5, 5.41) is 2.18. The van der Waals surface area contributed by atoms with E-state index in [1.807, 2.05) is 45.0 Å². The molecular weight excluding hydrogens is 596 g/mol. The standard InChI is InChI=1S/C30H29BrN2O6S/c1-4-37-23-12-10-22(11-13-23)32-28(34)17-33-29(35)27(40-30(33)36)15-21-14-25(38-5-2)26(16-24(21)31)39-18-20-8-6-19(3)7-9-20/h6-16H,4-5,17-18H2,1-3H3,(H,32,34)/b27-15+. The highest BCUT2D eigenvalue weighted by Gasteiger charge is 2.36. The summed E-state index contributed by atoms with van der Waals surface area (Å²) in [5.41, 5.74) is 3.36. The Morgan fingerprint density at radius 3 is 2.30 bits per heavy atom. The average molecular weight is 626 g/mol. The van der Waals surface area contributed by atoms with Crippen molar-refractivity contribution in [2.45, 2.75) is 27.4 Å². The maximum Gasteiger partial charge on any atom is 0.294 e. The highest BCUT2D eigenvalue weighted by Crippen LogP contribution is 2.38. The first-order valence-corrected chi connectivity index (χ1v) is 14.3. The second-order valence-corrected chi connectivity index (χ2v) is 10.6. The largest absolute Gasteiger partial charge is 0.494 e. The van der Waals surface area contributed by atoms with Crippen molar-refractivity contribution in [1.82, 2.24) is 4.90 Å². The molecule has 1 aliphatic heterocycles. The van der Waals surface area contributed by atoms with E-state index in [9.17, 15) is 14.4 Å². The molecule has 0 atom stereocenters. The van der Waals surface area contributed by atoms with Gasteiger partial charge in [0.1, 0.15) is 18.9 Å². The van der Waals surface area contributed by atoms with E-state index in [2.05, 4.69) is 21.2 Å². The molecule has 1 N–H and O–H groups in total. The van der Waals surface area contributed by atoms with Crippen molar-refractivity contribution in [3.8, 4) is 17.2 Å². The maximum atomic E-state index is 13.0. The predicted molar refractivity (Wildman–Crippen MR) is 160 cm³/mol. The Labute approximate surface area is 245 Å². The zero-order valence-corrected chi connectivity index (χ0v) is 24.8. The molecule has 3 aromatic rings. The van der Waals surface area contributed by atoms with Gasteiger partial charge in [-0.2, -0.15) is 0 Å². The number of hydrogen-bond acceptors (Lipinski definition) is 7. The zero-order chi connectivity index (χ0) is 28.6. The molecular formula is C30H29BrN2O6S. The molecule has 1 heterocycles. The molecule has 1 aliphatic rings. The molecule has 8 nitrogen and oxygen atoms in total. The van der Waals surface area contributed by atoms with Crippen LogP contribution < -0.4 is 19.5 Å². The van der Waals surface area contributed by atoms with Crippen LogP contribution in [0.25, 0.3) is 6.08 Å². The first-order chi connectivity index (χ1) is 19.3. The predicted octanol–water partition coefficient (Wildman–Crippen LogP) is 6.81. The maximum absolute atomic E-state index is 13.0. The summed E-state index contributed by atoms with van der Waals surface area (Å²) in [6.07, 6.45) is 1.60. The van der Waals surface area contributed by atoms with Crippen molar-refractivity contribution >= 4 is 56.5 Å². The van der Waals surface area contributed by atoms with E-state index < -0.39 is 23.6 Å². The van der Waals surface area contributed by atoms with Gasteiger partial charge in [-0.1, -0.05) is 45.8 Å². The van der Waals surface area contributed by atoms with Gasteiger partial charge in [-0.25, -0.2) is 0 Å². The van der Waals surface area contributed by atoms with Crippen molar-refractivity contribution < 1.29 is 28.6 Å². The Balaban J connectivity index is 1.45. The molecule has 10 heteroatoms. The number of aryl methyl sites for hydroxylation is 1. The molecule has 4 rings (SSSR count). The minimum Gasteiger partial charge on any atom is -0.494 e. The fourth-order valence-corrected chi connectivity index (χ4v) is 5.08. The first kappa shape index (κ1) is 29.2. The van der Waals surface area contributed by atoms with Gasteiger partial charge in [-0.15, -0.1) is 0 Å². The Kier molecular flexibility index (Phi) is 9.89. The van der Waals surface area contributed by atoms with Gasteiger partial charge in [0.05, 0.1) is 18.1 Å². The highest BCUT2D eigenvalue weighted by atomic mass is 79.9. The molecule has 0 radical (unpaired) electrons. The van der Waals surface area contributed by atoms with Gasteiger partial charge in [0.15, 0.2) is 11.5 Å². The van der Waals surface area contributed by atoms with Crippen molar-refractivity contribution in [2.24, 2.45) is 0 Å². The number of anilines is 1. The highest BCUT2D eigenvalue weighted by molar-refractivity contribution is 9.10. The second kappa shape index (κ2) is 13.5. The van der Waals surface area contributed by atoms with Crippen LogP contribution in [-0.2, 0) is 16.2 Å². The summed E-state index contributed by atoms with van der Waals surface area (Å²) in [4.78, 5) is 39.4. The van der Waals surface area contributed by atoms with Crippen LogP contribution in [0.1, 0.15) is 30.5 Å². The fraction of sp³-hybridized carbons (Fsp3) is 0.233. The molecule has 0 bridgehead atoms. The molecule has 40 heavy (non-hydrogen) atoms. The number of halogens is 1. The quantitative estimate of drug-likeness (QED) is 0.234. The van der Waals surface area contributed by atoms with E-state index in [4.69, 9.17) is 14.2 Å². The van der Waals surface area contributed by atoms with Crippen molar-refractivity contribution in [3.05, 3.63) is 86.7 Å². The van der Waals surface area contributed by atoms with Crippen LogP contribution in [0.4, 0.5) is 10.5 Å². The minimum atomic E-state index is -0.540. The van der Waals surface area contributed by atoms with Gasteiger partial charge < -0.3 is 19.5 Å². The lowest BCUT2D eigenvalue weighted by atomic mass is 10.1. The van der Waals surface area contributed by atoms with Crippen molar-refractivity contribution in [2.75, 3.05) is 25.1 Å². The van der Waals surface area contributed by atoms with E-state index in [0.717, 1.165) is 22.2 Å². The van der Waals surface area contributed by atoms with Crippen LogP contribution >= 0.6 is 27.7 Å². The number of nitrogens with one attached hydrogen (secondary N) is 1. The van der Waals surface area contributed by atoms with Crippen LogP contribution in [0.15, 0.2) is 70.0 Å². The zero-order valence-electron chi connectivity index (χ0n) is 22.4. The Morgan fingerprint density at radius 2 is 1.62 bits per heavy atom. The van der Waals surface area contributed by atoms with Crippen LogP contribution in [0.3, 0.4) is 0 Å². The summed E-state index contributed by atoms with van der Waals surface area (Å²) in [6, 6.07) is 18.4. The SMILES string of the molecule is CCOc1ccc(NC(=O)CN2C(=O)S/C(=C/c3cc(OCC)c(OCc4ccc(C)cc4)cc3Br)C2=O)cc1. The molecule has 0 spiro atoms. The average Bonchev–Trinajstić information content (AvgIpc) is 3.19. The summed E-state index contributed by atoms with van der Waals surface area (Å²) in [6.45, 7) is 6.70. The summed E-state index contributed by atoms with van der Waals surface area (Å²) in [5.74, 6) is 0.716. The normalized spacial score (nSPS) is 14.0. The monoisotopic (exact) mass is 624 g/mol. The van der Waals surface area contributed by atoms with Gasteiger partial charge in [0.2, 0.25) is 5.91 Å². The third kappa shape index (κ3) is 7.45. The molecule has 1 fully saturated rings. The third-order valence-electron chi connectivity index (χ3n) is 5.79. The van der Waals surface area contributed by atoms with Crippen LogP contribution in [0, 0.1) is 6.92 Å². The van der Waals surface area contributed by atoms with E-state index in [1.165, 1.54) is 5.56 Å². The lowest BCUT2D eigenvalue weighted by molar-refractivity contribution is -0.127. The summed E-state index contributed by atoms with van der Waals surface area (Å²) in [7, 11) is 0. The summed E-state index contributed by atoms with van der Waals surface area (Å²) >= 11 is 4.33. The number of rotatable bonds is 11. The number of imide groups is 1. The van der Waals surface area contributed by atoms with E-state index in [0.29, 0.717) is 52.8 Å². The second-order valence-electron chi connectivity index (χ2n) is 8.80.